The van der Waals surface area contributed by atoms with E-state index in [1.807, 2.05) is 59.0 Å². The van der Waals surface area contributed by atoms with E-state index in [1.165, 1.54) is 11.1 Å². The van der Waals surface area contributed by atoms with Crippen molar-refractivity contribution in [3.05, 3.63) is 82.4 Å². The topological polar surface area (TPSA) is 38.1 Å². The zero-order valence-corrected chi connectivity index (χ0v) is 16.7. The van der Waals surface area contributed by atoms with Crippen molar-refractivity contribution in [1.82, 2.24) is 9.78 Å². The van der Waals surface area contributed by atoms with E-state index >= 15 is 0 Å². The summed E-state index contributed by atoms with van der Waals surface area (Å²) in [6.07, 6.45) is 0.910. The number of thiophene rings is 1. The Morgan fingerprint density at radius 3 is 2.71 bits per heavy atom. The Labute approximate surface area is 168 Å². The van der Waals surface area contributed by atoms with Gasteiger partial charge in [-0.1, -0.05) is 48.5 Å². The van der Waals surface area contributed by atoms with E-state index in [1.54, 1.807) is 11.3 Å². The van der Waals surface area contributed by atoms with Crippen LogP contribution in [0, 0.1) is 6.92 Å². The minimum absolute atomic E-state index is 0.0873. The highest BCUT2D eigenvalue weighted by Crippen LogP contribution is 2.36. The molecule has 0 fully saturated rings. The third-order valence-electron chi connectivity index (χ3n) is 5.42. The number of rotatable bonds is 3. The lowest BCUT2D eigenvalue weighted by atomic mass is 10.1. The Kier molecular flexibility index (Phi) is 4.05. The minimum Gasteiger partial charge on any atom is -0.304 e. The van der Waals surface area contributed by atoms with Crippen molar-refractivity contribution in [3.63, 3.8) is 0 Å². The number of nitrogens with zero attached hydrogens (tertiary/aromatic N) is 3. The van der Waals surface area contributed by atoms with Gasteiger partial charge in [-0.25, -0.2) is 0 Å². The molecule has 3 heterocycles. The normalized spacial score (nSPS) is 15.9. The maximum atomic E-state index is 13.4. The third-order valence-corrected chi connectivity index (χ3v) is 6.56. The third kappa shape index (κ3) is 2.74. The number of aryl methyl sites for hydroxylation is 1. The van der Waals surface area contributed by atoms with Crippen molar-refractivity contribution in [1.29, 1.82) is 0 Å². The first-order valence-electron chi connectivity index (χ1n) is 9.54. The summed E-state index contributed by atoms with van der Waals surface area (Å²) in [7, 11) is 0. The van der Waals surface area contributed by atoms with Gasteiger partial charge < -0.3 is 4.90 Å². The summed E-state index contributed by atoms with van der Waals surface area (Å²) in [5.41, 5.74) is 4.46. The predicted molar refractivity (Wildman–Crippen MR) is 114 cm³/mol. The van der Waals surface area contributed by atoms with Crippen LogP contribution in [-0.2, 0) is 13.0 Å². The Morgan fingerprint density at radius 1 is 1.14 bits per heavy atom. The molecule has 1 aliphatic heterocycles. The van der Waals surface area contributed by atoms with Crippen LogP contribution in [0.2, 0.25) is 0 Å². The molecule has 140 valence electrons. The zero-order chi connectivity index (χ0) is 19.3. The summed E-state index contributed by atoms with van der Waals surface area (Å²) in [6, 6.07) is 20.7. The molecule has 5 rings (SSSR count). The fourth-order valence-electron chi connectivity index (χ4n) is 4.08. The molecule has 0 bridgehead atoms. The Bertz CT molecular complexity index is 1180. The molecule has 28 heavy (non-hydrogen) atoms. The minimum atomic E-state index is 0.0873. The molecule has 4 nitrogen and oxygen atoms in total. The van der Waals surface area contributed by atoms with Gasteiger partial charge in [-0.2, -0.15) is 5.10 Å². The Hall–Kier alpha value is -2.92. The fraction of sp³-hybridized carbons (Fsp3) is 0.217. The molecule has 0 saturated heterocycles. The van der Waals surface area contributed by atoms with Crippen LogP contribution in [-0.4, -0.2) is 21.7 Å². The van der Waals surface area contributed by atoms with Gasteiger partial charge in [0.25, 0.3) is 5.91 Å². The Balaban J connectivity index is 1.52. The maximum absolute atomic E-state index is 13.4. The molecule has 0 aliphatic carbocycles. The van der Waals surface area contributed by atoms with Crippen LogP contribution in [0.25, 0.3) is 10.2 Å². The standard InChI is InChI=1S/C23H21N3OS/c1-15-12-18-10-6-7-11-20(18)26(15)22(27)21-13-19-16(2)24-25(23(19)28-21)14-17-8-4-3-5-9-17/h3-11,13,15H,12,14H2,1-2H3/t15-/m1/s1. The summed E-state index contributed by atoms with van der Waals surface area (Å²) >= 11 is 1.54. The number of benzene rings is 2. The van der Waals surface area contributed by atoms with Crippen molar-refractivity contribution < 1.29 is 4.79 Å². The van der Waals surface area contributed by atoms with Crippen LogP contribution in [0.1, 0.15) is 33.4 Å². The van der Waals surface area contributed by atoms with Gasteiger partial charge in [0, 0.05) is 17.1 Å². The molecule has 0 unspecified atom stereocenters. The van der Waals surface area contributed by atoms with Crippen LogP contribution in [0.3, 0.4) is 0 Å². The molecule has 0 N–H and O–H groups in total. The highest BCUT2D eigenvalue weighted by molar-refractivity contribution is 7.20. The van der Waals surface area contributed by atoms with E-state index in [2.05, 4.69) is 25.1 Å². The molecule has 1 aliphatic rings. The number of para-hydroxylation sites is 1. The highest BCUT2D eigenvalue weighted by Gasteiger charge is 2.32. The van der Waals surface area contributed by atoms with Crippen molar-refractivity contribution in [2.24, 2.45) is 0 Å². The van der Waals surface area contributed by atoms with Crippen molar-refractivity contribution in [3.8, 4) is 0 Å². The summed E-state index contributed by atoms with van der Waals surface area (Å²) in [6.45, 7) is 4.84. The maximum Gasteiger partial charge on any atom is 0.268 e. The molecule has 2 aromatic carbocycles. The van der Waals surface area contributed by atoms with E-state index in [4.69, 9.17) is 5.10 Å². The molecule has 1 atom stereocenters. The van der Waals surface area contributed by atoms with Gasteiger partial charge in [-0.3, -0.25) is 9.48 Å². The summed E-state index contributed by atoms with van der Waals surface area (Å²) < 4.78 is 2.02. The molecule has 4 aromatic rings. The monoisotopic (exact) mass is 387 g/mol. The van der Waals surface area contributed by atoms with Gasteiger partial charge in [-0.15, -0.1) is 11.3 Å². The van der Waals surface area contributed by atoms with Crippen LogP contribution in [0.5, 0.6) is 0 Å². The molecule has 1 amide bonds. The second-order valence-electron chi connectivity index (χ2n) is 7.42. The van der Waals surface area contributed by atoms with E-state index in [0.29, 0.717) is 6.54 Å². The lowest BCUT2D eigenvalue weighted by Gasteiger charge is -2.21. The average Bonchev–Trinajstić information content (AvgIpc) is 3.35. The lowest BCUT2D eigenvalue weighted by Crippen LogP contribution is -2.35. The SMILES string of the molecule is Cc1nn(Cc2ccccc2)c2sc(C(=O)N3c4ccccc4C[C@H]3C)cc12. The van der Waals surface area contributed by atoms with Crippen LogP contribution in [0.4, 0.5) is 5.69 Å². The first-order valence-corrected chi connectivity index (χ1v) is 10.4. The predicted octanol–water partition coefficient (Wildman–Crippen LogP) is 5.05. The van der Waals surface area contributed by atoms with Crippen LogP contribution in [0.15, 0.2) is 60.7 Å². The van der Waals surface area contributed by atoms with Crippen LogP contribution >= 0.6 is 11.3 Å². The number of hydrogen-bond acceptors (Lipinski definition) is 3. The second-order valence-corrected chi connectivity index (χ2v) is 8.45. The highest BCUT2D eigenvalue weighted by atomic mass is 32.1. The van der Waals surface area contributed by atoms with Crippen LogP contribution < -0.4 is 4.90 Å². The van der Waals surface area contributed by atoms with Gasteiger partial charge in [0.05, 0.1) is 17.1 Å². The summed E-state index contributed by atoms with van der Waals surface area (Å²) in [5, 5.41) is 5.77. The van der Waals surface area contributed by atoms with Crippen molar-refractivity contribution in [2.45, 2.75) is 32.9 Å². The van der Waals surface area contributed by atoms with Crippen molar-refractivity contribution in [2.75, 3.05) is 4.90 Å². The molecular formula is C23H21N3OS. The quantitative estimate of drug-likeness (QED) is 0.494. The number of carbonyl (C=O) groups excluding carboxylic acids is 1. The molecule has 5 heteroatoms. The molecule has 0 saturated carbocycles. The summed E-state index contributed by atoms with van der Waals surface area (Å²) in [5.74, 6) is 0.0873. The molecule has 2 aromatic heterocycles. The number of carbonyl (C=O) groups is 1. The fourth-order valence-corrected chi connectivity index (χ4v) is 5.17. The molecular weight excluding hydrogens is 366 g/mol. The summed E-state index contributed by atoms with van der Waals surface area (Å²) in [4.78, 5) is 17.2. The van der Waals surface area contributed by atoms with Gasteiger partial charge >= 0.3 is 0 Å². The molecule has 0 radical (unpaired) electrons. The van der Waals surface area contributed by atoms with E-state index < -0.39 is 0 Å². The van der Waals surface area contributed by atoms with Gasteiger partial charge in [0.15, 0.2) is 0 Å². The molecule has 0 spiro atoms. The second kappa shape index (κ2) is 6.60. The first kappa shape index (κ1) is 17.2. The number of fused-ring (bicyclic) bond motifs is 2. The lowest BCUT2D eigenvalue weighted by molar-refractivity contribution is 0.0985. The number of amides is 1. The number of anilines is 1. The van der Waals surface area contributed by atoms with E-state index in [9.17, 15) is 4.79 Å². The largest absolute Gasteiger partial charge is 0.304 e. The van der Waals surface area contributed by atoms with Gasteiger partial charge in [0.2, 0.25) is 0 Å². The van der Waals surface area contributed by atoms with Gasteiger partial charge in [-0.05, 0) is 43.5 Å². The van der Waals surface area contributed by atoms with Crippen molar-refractivity contribution >= 4 is 33.1 Å². The first-order chi connectivity index (χ1) is 13.6. The van der Waals surface area contributed by atoms with E-state index in [0.717, 1.165) is 32.9 Å². The van der Waals surface area contributed by atoms with E-state index in [-0.39, 0.29) is 11.9 Å². The smallest absolute Gasteiger partial charge is 0.268 e. The van der Waals surface area contributed by atoms with Gasteiger partial charge in [0.1, 0.15) is 4.83 Å². The number of hydrogen-bond donors (Lipinski definition) is 0. The average molecular weight is 388 g/mol. The number of aromatic nitrogens is 2. The Morgan fingerprint density at radius 2 is 1.89 bits per heavy atom. The zero-order valence-electron chi connectivity index (χ0n) is 15.9.